The molecule has 1 atom stereocenters. The van der Waals surface area contributed by atoms with E-state index in [1.54, 1.807) is 26.8 Å². The summed E-state index contributed by atoms with van der Waals surface area (Å²) in [6, 6.07) is 5.65. The maximum atomic E-state index is 13.2. The first-order valence-electron chi connectivity index (χ1n) is 7.04. The van der Waals surface area contributed by atoms with Crippen LogP contribution in [0.2, 0.25) is 0 Å². The highest BCUT2D eigenvalue weighted by Crippen LogP contribution is 2.23. The van der Waals surface area contributed by atoms with E-state index >= 15 is 0 Å². The van der Waals surface area contributed by atoms with Gasteiger partial charge in [-0.05, 0) is 39.3 Å². The van der Waals surface area contributed by atoms with Gasteiger partial charge in [-0.25, -0.2) is 9.18 Å². The molecular weight excluding hydrogens is 273 g/mol. The van der Waals surface area contributed by atoms with Crippen LogP contribution < -0.4 is 0 Å². The molecule has 1 aromatic carbocycles. The number of ketones is 1. The third-order valence-electron chi connectivity index (χ3n) is 3.32. The average Bonchev–Trinajstić information content (AvgIpc) is 2.85. The minimum atomic E-state index is -0.554. The van der Waals surface area contributed by atoms with Gasteiger partial charge in [0.25, 0.3) is 0 Å². The van der Waals surface area contributed by atoms with Gasteiger partial charge in [0.15, 0.2) is 5.78 Å². The highest BCUT2D eigenvalue weighted by molar-refractivity contribution is 5.98. The van der Waals surface area contributed by atoms with Gasteiger partial charge >= 0.3 is 6.09 Å². The summed E-state index contributed by atoms with van der Waals surface area (Å²) < 4.78 is 18.5. The Morgan fingerprint density at radius 3 is 2.67 bits per heavy atom. The Bertz CT molecular complexity index is 551. The number of halogens is 1. The fraction of sp³-hybridized carbons (Fsp3) is 0.500. The van der Waals surface area contributed by atoms with E-state index in [-0.39, 0.29) is 11.7 Å². The Hall–Kier alpha value is -1.91. The van der Waals surface area contributed by atoms with Crippen LogP contribution in [0.3, 0.4) is 0 Å². The zero-order valence-electron chi connectivity index (χ0n) is 12.6. The number of hydrogen-bond acceptors (Lipinski definition) is 3. The molecule has 0 radical (unpaired) electrons. The molecule has 114 valence electrons. The van der Waals surface area contributed by atoms with Crippen molar-refractivity contribution in [1.82, 2.24) is 4.90 Å². The van der Waals surface area contributed by atoms with E-state index in [0.29, 0.717) is 25.1 Å². The van der Waals surface area contributed by atoms with Gasteiger partial charge in [-0.3, -0.25) is 4.79 Å². The molecule has 2 rings (SSSR count). The smallest absolute Gasteiger partial charge is 0.410 e. The molecule has 0 N–H and O–H groups in total. The van der Waals surface area contributed by atoms with Gasteiger partial charge in [-0.1, -0.05) is 12.1 Å². The zero-order chi connectivity index (χ0) is 15.6. The summed E-state index contributed by atoms with van der Waals surface area (Å²) in [5, 5.41) is 0. The lowest BCUT2D eigenvalue weighted by molar-refractivity contribution is 0.0289. The molecule has 1 aliphatic rings. The summed E-state index contributed by atoms with van der Waals surface area (Å²) in [6.45, 7) is 6.22. The van der Waals surface area contributed by atoms with Gasteiger partial charge in [0.2, 0.25) is 0 Å². The van der Waals surface area contributed by atoms with Crippen molar-refractivity contribution < 1.29 is 18.7 Å². The van der Waals surface area contributed by atoms with Crippen LogP contribution in [0.5, 0.6) is 0 Å². The number of nitrogens with zero attached hydrogens (tertiary/aromatic N) is 1. The molecule has 1 saturated heterocycles. The SMILES string of the molecule is CC(C)(C)OC(=O)N1CCC(C(=O)c2cccc(F)c2)C1. The number of rotatable bonds is 2. The first-order chi connectivity index (χ1) is 9.76. The Balaban J connectivity index is 1.99. The molecule has 0 spiro atoms. The molecular formula is C16H20FNO3. The number of carbonyl (C=O) groups excluding carboxylic acids is 2. The van der Waals surface area contributed by atoms with E-state index < -0.39 is 17.5 Å². The second-order valence-corrected chi connectivity index (χ2v) is 6.29. The Kier molecular flexibility index (Phi) is 4.30. The van der Waals surface area contributed by atoms with Crippen molar-refractivity contribution in [3.05, 3.63) is 35.6 Å². The molecule has 4 nitrogen and oxygen atoms in total. The zero-order valence-corrected chi connectivity index (χ0v) is 12.6. The van der Waals surface area contributed by atoms with Gasteiger partial charge in [-0.2, -0.15) is 0 Å². The van der Waals surface area contributed by atoms with E-state index in [2.05, 4.69) is 0 Å². The Morgan fingerprint density at radius 1 is 1.33 bits per heavy atom. The fourth-order valence-corrected chi connectivity index (χ4v) is 2.34. The summed E-state index contributed by atoms with van der Waals surface area (Å²) in [4.78, 5) is 25.8. The normalized spacial score (nSPS) is 18.7. The van der Waals surface area contributed by atoms with E-state index in [4.69, 9.17) is 4.74 Å². The molecule has 0 aliphatic carbocycles. The number of likely N-dealkylation sites (tertiary alicyclic amines) is 1. The van der Waals surface area contributed by atoms with E-state index in [0.717, 1.165) is 0 Å². The first-order valence-corrected chi connectivity index (χ1v) is 7.04. The van der Waals surface area contributed by atoms with E-state index in [9.17, 15) is 14.0 Å². The van der Waals surface area contributed by atoms with Crippen molar-refractivity contribution in [2.75, 3.05) is 13.1 Å². The van der Waals surface area contributed by atoms with Gasteiger partial charge < -0.3 is 9.64 Å². The van der Waals surface area contributed by atoms with Crippen LogP contribution in [0, 0.1) is 11.7 Å². The van der Waals surface area contributed by atoms with Gasteiger partial charge in [0.1, 0.15) is 11.4 Å². The van der Waals surface area contributed by atoms with Crippen LogP contribution >= 0.6 is 0 Å². The molecule has 1 aliphatic heterocycles. The lowest BCUT2D eigenvalue weighted by Gasteiger charge is -2.24. The largest absolute Gasteiger partial charge is 0.444 e. The number of Topliss-reactive ketones (excluding diaryl/α,β-unsaturated/α-hetero) is 1. The summed E-state index contributed by atoms with van der Waals surface area (Å²) in [7, 11) is 0. The topological polar surface area (TPSA) is 46.6 Å². The van der Waals surface area contributed by atoms with Crippen molar-refractivity contribution >= 4 is 11.9 Å². The Morgan fingerprint density at radius 2 is 2.05 bits per heavy atom. The summed E-state index contributed by atoms with van der Waals surface area (Å²) >= 11 is 0. The predicted octanol–water partition coefficient (Wildman–Crippen LogP) is 3.27. The highest BCUT2D eigenvalue weighted by Gasteiger charge is 2.33. The average molecular weight is 293 g/mol. The summed E-state index contributed by atoms with van der Waals surface area (Å²) in [5.74, 6) is -0.845. The highest BCUT2D eigenvalue weighted by atomic mass is 19.1. The molecule has 21 heavy (non-hydrogen) atoms. The lowest BCUT2D eigenvalue weighted by Crippen LogP contribution is -2.35. The molecule has 1 aromatic rings. The number of amides is 1. The van der Waals surface area contributed by atoms with Crippen molar-refractivity contribution in [1.29, 1.82) is 0 Å². The lowest BCUT2D eigenvalue weighted by atomic mass is 9.97. The van der Waals surface area contributed by atoms with E-state index in [1.165, 1.54) is 23.1 Å². The van der Waals surface area contributed by atoms with Crippen LogP contribution in [0.4, 0.5) is 9.18 Å². The predicted molar refractivity (Wildman–Crippen MR) is 76.6 cm³/mol. The van der Waals surface area contributed by atoms with Gasteiger partial charge in [0, 0.05) is 24.6 Å². The van der Waals surface area contributed by atoms with Crippen LogP contribution in [0.15, 0.2) is 24.3 Å². The monoisotopic (exact) mass is 293 g/mol. The molecule has 5 heteroatoms. The molecule has 1 heterocycles. The van der Waals surface area contributed by atoms with Crippen molar-refractivity contribution in [3.8, 4) is 0 Å². The molecule has 0 bridgehead atoms. The second-order valence-electron chi connectivity index (χ2n) is 6.29. The second kappa shape index (κ2) is 5.84. The number of ether oxygens (including phenoxy) is 1. The summed E-state index contributed by atoms with van der Waals surface area (Å²) in [5.41, 5.74) is -0.201. The fourth-order valence-electron chi connectivity index (χ4n) is 2.34. The van der Waals surface area contributed by atoms with Crippen molar-refractivity contribution in [3.63, 3.8) is 0 Å². The van der Waals surface area contributed by atoms with Gasteiger partial charge in [-0.15, -0.1) is 0 Å². The third kappa shape index (κ3) is 4.03. The quantitative estimate of drug-likeness (QED) is 0.786. The molecule has 0 saturated carbocycles. The molecule has 1 amide bonds. The number of carbonyl (C=O) groups is 2. The number of hydrogen-bond donors (Lipinski definition) is 0. The standard InChI is InChI=1S/C16H20FNO3/c1-16(2,3)21-15(20)18-8-7-12(10-18)14(19)11-5-4-6-13(17)9-11/h4-6,9,12H,7-8,10H2,1-3H3. The first kappa shape index (κ1) is 15.5. The van der Waals surface area contributed by atoms with Crippen LogP contribution in [0.1, 0.15) is 37.6 Å². The van der Waals surface area contributed by atoms with Crippen LogP contribution in [0.25, 0.3) is 0 Å². The molecule has 1 unspecified atom stereocenters. The summed E-state index contributed by atoms with van der Waals surface area (Å²) in [6.07, 6.45) is 0.172. The maximum absolute atomic E-state index is 13.2. The molecule has 1 fully saturated rings. The van der Waals surface area contributed by atoms with Crippen LogP contribution in [-0.4, -0.2) is 35.5 Å². The van der Waals surface area contributed by atoms with E-state index in [1.807, 2.05) is 0 Å². The van der Waals surface area contributed by atoms with Crippen molar-refractivity contribution in [2.45, 2.75) is 32.8 Å². The van der Waals surface area contributed by atoms with Crippen molar-refractivity contribution in [2.24, 2.45) is 5.92 Å². The maximum Gasteiger partial charge on any atom is 0.410 e. The molecule has 0 aromatic heterocycles. The Labute approximate surface area is 123 Å². The number of benzene rings is 1. The van der Waals surface area contributed by atoms with Gasteiger partial charge in [0.05, 0.1) is 0 Å². The minimum absolute atomic E-state index is 0.124. The third-order valence-corrected chi connectivity index (χ3v) is 3.32. The minimum Gasteiger partial charge on any atom is -0.444 e. The van der Waals surface area contributed by atoms with Crippen LogP contribution in [-0.2, 0) is 4.74 Å².